The van der Waals surface area contributed by atoms with E-state index < -0.39 is 0 Å². The van der Waals surface area contributed by atoms with E-state index in [0.717, 1.165) is 0 Å². The van der Waals surface area contributed by atoms with Crippen LogP contribution in [0.3, 0.4) is 0 Å². The zero-order chi connectivity index (χ0) is 14.9. The molecule has 0 saturated carbocycles. The molecule has 1 heterocycles. The van der Waals surface area contributed by atoms with Crippen LogP contribution >= 0.6 is 0 Å². The second-order valence-electron chi connectivity index (χ2n) is 6.18. The molecule has 1 aromatic carbocycles. The Hall–Kier alpha value is -0.531. The number of nitrogens with zero attached hydrogens (tertiary/aromatic N) is 2. The normalized spacial score (nSPS) is 11.9. The topological polar surface area (TPSA) is 17.8 Å². The van der Waals surface area contributed by atoms with Crippen molar-refractivity contribution in [3.05, 3.63) is 41.2 Å². The van der Waals surface area contributed by atoms with Crippen LogP contribution in [0.1, 0.15) is 37.5 Å². The van der Waals surface area contributed by atoms with Crippen LogP contribution in [0.5, 0.6) is 0 Å². The van der Waals surface area contributed by atoms with Crippen LogP contribution in [0.15, 0.2) is 24.5 Å². The molecule has 0 radical (unpaired) electrons. The van der Waals surface area contributed by atoms with Crippen molar-refractivity contribution in [3.63, 3.8) is 0 Å². The summed E-state index contributed by atoms with van der Waals surface area (Å²) < 4.78 is 4.96. The molecule has 108 valence electrons. The first-order chi connectivity index (χ1) is 9.29. The van der Waals surface area contributed by atoms with E-state index in [9.17, 15) is 0 Å². The molecule has 2 rings (SSSR count). The van der Waals surface area contributed by atoms with Gasteiger partial charge in [-0.25, -0.2) is 0 Å². The van der Waals surface area contributed by atoms with Gasteiger partial charge in [0.25, 0.3) is 0 Å². The van der Waals surface area contributed by atoms with Crippen molar-refractivity contribution < 1.29 is 0 Å². The fourth-order valence-corrected chi connectivity index (χ4v) is 10.1. The standard InChI is InChI=1S/C16H22N2Se2/c1-11-9-13(16(3,4)5)10-12(2)14(11)19-20-15-17-7-8-18(15)6/h7-10H,1-6H3. The van der Waals surface area contributed by atoms with Crippen molar-refractivity contribution in [3.8, 4) is 0 Å². The van der Waals surface area contributed by atoms with Gasteiger partial charge in [0.1, 0.15) is 0 Å². The summed E-state index contributed by atoms with van der Waals surface area (Å²) in [6.07, 6.45) is 3.94. The van der Waals surface area contributed by atoms with E-state index in [-0.39, 0.29) is 5.41 Å². The molecule has 0 aliphatic heterocycles. The van der Waals surface area contributed by atoms with Gasteiger partial charge in [-0.3, -0.25) is 0 Å². The van der Waals surface area contributed by atoms with Crippen molar-refractivity contribution in [2.75, 3.05) is 0 Å². The summed E-state index contributed by atoms with van der Waals surface area (Å²) in [7, 11) is 2.09. The number of hydrogen-bond acceptors (Lipinski definition) is 1. The Kier molecular flexibility index (Phi) is 4.81. The van der Waals surface area contributed by atoms with Gasteiger partial charge in [0.05, 0.1) is 0 Å². The Morgan fingerprint density at radius 1 is 1.05 bits per heavy atom. The first kappa shape index (κ1) is 15.9. The van der Waals surface area contributed by atoms with Gasteiger partial charge < -0.3 is 0 Å². The molecule has 20 heavy (non-hydrogen) atoms. The molecule has 1 aromatic heterocycles. The Balaban J connectivity index is 2.23. The SMILES string of the molecule is Cc1cc(C(C)(C)C)cc(C)c1[Se][Se]c1nccn1C. The molecule has 4 heteroatoms. The van der Waals surface area contributed by atoms with E-state index >= 15 is 0 Å². The number of imidazole rings is 1. The molecule has 0 saturated heterocycles. The van der Waals surface area contributed by atoms with Gasteiger partial charge in [0, 0.05) is 0 Å². The van der Waals surface area contributed by atoms with Gasteiger partial charge in [-0.2, -0.15) is 0 Å². The van der Waals surface area contributed by atoms with Crippen molar-refractivity contribution in [2.45, 2.75) is 40.0 Å². The molecular formula is C16H22N2Se2. The number of aromatic nitrogens is 2. The minimum absolute atomic E-state index is 0.228. The molecule has 0 aliphatic carbocycles. The molecule has 0 N–H and O–H groups in total. The molecule has 0 unspecified atom stereocenters. The Labute approximate surface area is 133 Å². The quantitative estimate of drug-likeness (QED) is 0.716. The molecule has 0 spiro atoms. The van der Waals surface area contributed by atoms with E-state index in [1.54, 1.807) is 4.46 Å². The molecule has 2 nitrogen and oxygen atoms in total. The molecule has 0 amide bonds. The van der Waals surface area contributed by atoms with Crippen molar-refractivity contribution in [1.29, 1.82) is 0 Å². The first-order valence-electron chi connectivity index (χ1n) is 6.72. The summed E-state index contributed by atoms with van der Waals surface area (Å²) in [5, 5.41) is 0. The molecular weight excluding hydrogens is 378 g/mol. The second kappa shape index (κ2) is 6.07. The Morgan fingerprint density at radius 3 is 2.10 bits per heavy atom. The summed E-state index contributed by atoms with van der Waals surface area (Å²) in [5.74, 6) is 0. The van der Waals surface area contributed by atoms with Gasteiger partial charge in [-0.1, -0.05) is 0 Å². The van der Waals surface area contributed by atoms with E-state index in [1.807, 2.05) is 12.4 Å². The zero-order valence-corrected chi connectivity index (χ0v) is 16.4. The first-order valence-corrected chi connectivity index (χ1v) is 12.8. The summed E-state index contributed by atoms with van der Waals surface area (Å²) in [6.45, 7) is 11.4. The summed E-state index contributed by atoms with van der Waals surface area (Å²) in [6, 6.07) is 4.75. The van der Waals surface area contributed by atoms with E-state index in [1.165, 1.54) is 21.4 Å². The number of aryl methyl sites for hydroxylation is 3. The maximum atomic E-state index is 4.45. The molecule has 2 aromatic rings. The molecule has 0 fully saturated rings. The van der Waals surface area contributed by atoms with Crippen LogP contribution in [0.2, 0.25) is 0 Å². The molecule has 0 aliphatic rings. The average Bonchev–Trinajstić information content (AvgIpc) is 2.72. The number of hydrogen-bond donors (Lipinski definition) is 0. The third-order valence-electron chi connectivity index (χ3n) is 3.30. The summed E-state index contributed by atoms with van der Waals surface area (Å²) in [5.41, 5.74) is 4.57. The van der Waals surface area contributed by atoms with Crippen LogP contribution in [0.25, 0.3) is 0 Å². The third-order valence-corrected chi connectivity index (χ3v) is 10.7. The summed E-state index contributed by atoms with van der Waals surface area (Å²) in [4.78, 5) is 4.45. The maximum absolute atomic E-state index is 4.45. The zero-order valence-electron chi connectivity index (χ0n) is 13.0. The van der Waals surface area contributed by atoms with Crippen LogP contribution in [0.4, 0.5) is 0 Å². The molecule has 0 atom stereocenters. The van der Waals surface area contributed by atoms with Crippen LogP contribution in [-0.4, -0.2) is 35.8 Å². The predicted octanol–water partition coefficient (Wildman–Crippen LogP) is 1.61. The second-order valence-corrected chi connectivity index (χ2v) is 12.1. The number of benzene rings is 1. The van der Waals surface area contributed by atoms with E-state index in [4.69, 9.17) is 0 Å². The molecule has 0 bridgehead atoms. The fourth-order valence-electron chi connectivity index (χ4n) is 2.03. The monoisotopic (exact) mass is 402 g/mol. The summed E-state index contributed by atoms with van der Waals surface area (Å²) >= 11 is 0.973. The minimum atomic E-state index is 0.228. The van der Waals surface area contributed by atoms with Crippen LogP contribution < -0.4 is 9.18 Å². The van der Waals surface area contributed by atoms with Crippen LogP contribution in [-0.2, 0) is 12.5 Å². The fraction of sp³-hybridized carbons (Fsp3) is 0.438. The van der Waals surface area contributed by atoms with Gasteiger partial charge >= 0.3 is 133 Å². The van der Waals surface area contributed by atoms with Crippen molar-refractivity contribution in [1.82, 2.24) is 9.55 Å². The van der Waals surface area contributed by atoms with Gasteiger partial charge in [0.15, 0.2) is 0 Å². The van der Waals surface area contributed by atoms with Crippen molar-refractivity contribution >= 4 is 35.4 Å². The average molecular weight is 400 g/mol. The van der Waals surface area contributed by atoms with Crippen LogP contribution in [0, 0.1) is 13.8 Å². The third kappa shape index (κ3) is 3.56. The van der Waals surface area contributed by atoms with E-state index in [0.29, 0.717) is 26.3 Å². The number of rotatable bonds is 3. The predicted molar refractivity (Wildman–Crippen MR) is 88.6 cm³/mol. The van der Waals surface area contributed by atoms with Gasteiger partial charge in [-0.05, 0) is 0 Å². The Morgan fingerprint density at radius 2 is 1.65 bits per heavy atom. The Bertz CT molecular complexity index is 586. The van der Waals surface area contributed by atoms with E-state index in [2.05, 4.69) is 63.4 Å². The van der Waals surface area contributed by atoms with Crippen molar-refractivity contribution in [2.24, 2.45) is 7.05 Å². The van der Waals surface area contributed by atoms with Gasteiger partial charge in [-0.15, -0.1) is 0 Å². The van der Waals surface area contributed by atoms with Gasteiger partial charge in [0.2, 0.25) is 0 Å².